The van der Waals surface area contributed by atoms with Crippen molar-refractivity contribution in [3.63, 3.8) is 0 Å². The summed E-state index contributed by atoms with van der Waals surface area (Å²) >= 11 is 0. The Balaban J connectivity index is 3.50. The Morgan fingerprint density at radius 1 is 0.324 bits per heavy atom. The summed E-state index contributed by atoms with van der Waals surface area (Å²) in [6.45, 7) is 4.59. The van der Waals surface area contributed by atoms with E-state index in [0.29, 0.717) is 0 Å². The fraction of sp³-hybridized carbons (Fsp3) is 1.00. The molecule has 0 unspecified atom stereocenters. The fourth-order valence-electron chi connectivity index (χ4n) is 5.26. The molecule has 0 amide bonds. The Labute approximate surface area is 218 Å². The molecule has 0 rings (SSSR count). The first-order valence-corrected chi connectivity index (χ1v) is 18.1. The van der Waals surface area contributed by atoms with Gasteiger partial charge in [-0.15, -0.1) is 0 Å². The van der Waals surface area contributed by atoms with Crippen molar-refractivity contribution >= 4 is 8.56 Å². The summed E-state index contributed by atoms with van der Waals surface area (Å²) in [5.41, 5.74) is 0. The predicted molar refractivity (Wildman–Crippen MR) is 156 cm³/mol. The van der Waals surface area contributed by atoms with Gasteiger partial charge in [0.05, 0.1) is 0 Å². The zero-order chi connectivity index (χ0) is 25.0. The van der Waals surface area contributed by atoms with Gasteiger partial charge in [0.25, 0.3) is 0 Å². The maximum atomic E-state index is 5.99. The van der Waals surface area contributed by atoms with E-state index in [1.807, 2.05) is 14.2 Å². The number of unbranched alkanes of at least 4 members (excludes halogenated alkanes) is 23. The Hall–Kier alpha value is 0.137. The molecule has 0 saturated heterocycles. The molecule has 34 heavy (non-hydrogen) atoms. The highest BCUT2D eigenvalue weighted by Crippen LogP contribution is 2.25. The Morgan fingerprint density at radius 3 is 0.735 bits per heavy atom. The van der Waals surface area contributed by atoms with Crippen molar-refractivity contribution < 1.29 is 8.85 Å². The largest absolute Gasteiger partial charge is 0.398 e. The molecule has 0 fully saturated rings. The average Bonchev–Trinajstić information content (AvgIpc) is 2.86. The zero-order valence-electron chi connectivity index (χ0n) is 24.4. The van der Waals surface area contributed by atoms with Gasteiger partial charge >= 0.3 is 8.56 Å². The van der Waals surface area contributed by atoms with E-state index in [1.165, 1.54) is 173 Å². The number of rotatable bonds is 29. The van der Waals surface area contributed by atoms with Crippen LogP contribution < -0.4 is 0 Å². The van der Waals surface area contributed by atoms with E-state index in [0.717, 1.165) is 0 Å². The summed E-state index contributed by atoms with van der Waals surface area (Å²) in [6.07, 6.45) is 35.4. The molecular formula is C31H66O2Si. The van der Waals surface area contributed by atoms with Crippen LogP contribution in [0.1, 0.15) is 174 Å². The van der Waals surface area contributed by atoms with Crippen LogP contribution >= 0.6 is 0 Å². The molecule has 0 N–H and O–H groups in total. The third-order valence-electron chi connectivity index (χ3n) is 7.82. The fourth-order valence-corrected chi connectivity index (χ4v) is 8.07. The van der Waals surface area contributed by atoms with Crippen LogP contribution in [0, 0.1) is 0 Å². The molecule has 0 atom stereocenters. The van der Waals surface area contributed by atoms with E-state index < -0.39 is 8.56 Å². The Kier molecular flexibility index (Phi) is 27.8. The van der Waals surface area contributed by atoms with Gasteiger partial charge in [0.1, 0.15) is 0 Å². The van der Waals surface area contributed by atoms with Crippen LogP contribution in [0.2, 0.25) is 12.1 Å². The van der Waals surface area contributed by atoms with Crippen LogP contribution in [-0.2, 0) is 8.85 Å². The molecule has 0 saturated carbocycles. The molecule has 3 heteroatoms. The second-order valence-electron chi connectivity index (χ2n) is 11.0. The molecule has 206 valence electrons. The summed E-state index contributed by atoms with van der Waals surface area (Å²) in [6, 6.07) is 2.38. The summed E-state index contributed by atoms with van der Waals surface area (Å²) in [4.78, 5) is 0. The van der Waals surface area contributed by atoms with Crippen molar-refractivity contribution in [3.8, 4) is 0 Å². The second-order valence-corrected chi connectivity index (χ2v) is 14.6. The first-order chi connectivity index (χ1) is 16.7. The normalized spacial score (nSPS) is 12.0. The van der Waals surface area contributed by atoms with Gasteiger partial charge in [-0.3, -0.25) is 0 Å². The highest BCUT2D eigenvalue weighted by Gasteiger charge is 2.33. The van der Waals surface area contributed by atoms with E-state index in [2.05, 4.69) is 13.8 Å². The Morgan fingerprint density at radius 2 is 0.529 bits per heavy atom. The van der Waals surface area contributed by atoms with Gasteiger partial charge in [-0.2, -0.15) is 0 Å². The van der Waals surface area contributed by atoms with E-state index in [1.54, 1.807) is 0 Å². The number of hydrogen-bond acceptors (Lipinski definition) is 2. The first kappa shape index (κ1) is 34.1. The lowest BCUT2D eigenvalue weighted by atomic mass is 10.0. The van der Waals surface area contributed by atoms with Crippen molar-refractivity contribution in [2.45, 2.75) is 186 Å². The minimum absolute atomic E-state index is 1.19. The van der Waals surface area contributed by atoms with Crippen LogP contribution in [0.15, 0.2) is 0 Å². The van der Waals surface area contributed by atoms with Crippen molar-refractivity contribution in [2.24, 2.45) is 0 Å². The van der Waals surface area contributed by atoms with E-state index in [-0.39, 0.29) is 0 Å². The van der Waals surface area contributed by atoms with E-state index in [9.17, 15) is 0 Å². The van der Waals surface area contributed by atoms with Crippen molar-refractivity contribution in [1.82, 2.24) is 0 Å². The van der Waals surface area contributed by atoms with Gasteiger partial charge in [-0.1, -0.05) is 174 Å². The van der Waals surface area contributed by atoms with Gasteiger partial charge in [-0.05, 0) is 12.1 Å². The summed E-state index contributed by atoms with van der Waals surface area (Å²) in [5, 5.41) is 0. The van der Waals surface area contributed by atoms with Crippen LogP contribution in [-0.4, -0.2) is 22.8 Å². The van der Waals surface area contributed by atoms with Gasteiger partial charge in [-0.25, -0.2) is 0 Å². The molecule has 2 nitrogen and oxygen atoms in total. The molecule has 0 aromatic rings. The smallest absolute Gasteiger partial charge is 0.337 e. The molecule has 0 aliphatic rings. The summed E-state index contributed by atoms with van der Waals surface area (Å²) in [7, 11) is 1.86. The van der Waals surface area contributed by atoms with Gasteiger partial charge < -0.3 is 8.85 Å². The molecule has 0 aromatic carbocycles. The molecule has 0 bridgehead atoms. The van der Waals surface area contributed by atoms with E-state index >= 15 is 0 Å². The topological polar surface area (TPSA) is 18.5 Å². The monoisotopic (exact) mass is 498 g/mol. The highest BCUT2D eigenvalue weighted by molar-refractivity contribution is 6.67. The van der Waals surface area contributed by atoms with Crippen molar-refractivity contribution in [3.05, 3.63) is 0 Å². The lowest BCUT2D eigenvalue weighted by molar-refractivity contribution is 0.238. The highest BCUT2D eigenvalue weighted by atomic mass is 28.4. The zero-order valence-corrected chi connectivity index (χ0v) is 25.4. The van der Waals surface area contributed by atoms with Crippen LogP contribution in [0.25, 0.3) is 0 Å². The van der Waals surface area contributed by atoms with Gasteiger partial charge in [0.2, 0.25) is 0 Å². The molecule has 0 spiro atoms. The first-order valence-electron chi connectivity index (χ1n) is 15.8. The van der Waals surface area contributed by atoms with Crippen molar-refractivity contribution in [1.29, 1.82) is 0 Å². The third-order valence-corrected chi connectivity index (χ3v) is 11.5. The molecule has 0 heterocycles. The second kappa shape index (κ2) is 27.7. The third kappa shape index (κ3) is 22.6. The SMILES string of the molecule is CCCCCCCCCCCCCCCCCCC[Si](CCCCCCCCCC)(OC)OC. The van der Waals surface area contributed by atoms with Gasteiger partial charge in [0.15, 0.2) is 0 Å². The number of hydrogen-bond donors (Lipinski definition) is 0. The van der Waals surface area contributed by atoms with Crippen LogP contribution in [0.4, 0.5) is 0 Å². The molecule has 0 aromatic heterocycles. The van der Waals surface area contributed by atoms with Crippen LogP contribution in [0.3, 0.4) is 0 Å². The molecule has 0 radical (unpaired) electrons. The van der Waals surface area contributed by atoms with E-state index in [4.69, 9.17) is 8.85 Å². The minimum Gasteiger partial charge on any atom is -0.398 e. The van der Waals surface area contributed by atoms with Gasteiger partial charge in [0, 0.05) is 14.2 Å². The molecular weight excluding hydrogens is 432 g/mol. The maximum absolute atomic E-state index is 5.99. The Bertz CT molecular complexity index is 370. The average molecular weight is 499 g/mol. The summed E-state index contributed by atoms with van der Waals surface area (Å²) < 4.78 is 12.0. The minimum atomic E-state index is -1.93. The molecule has 0 aliphatic carbocycles. The lowest BCUT2D eigenvalue weighted by Crippen LogP contribution is -2.39. The standard InChI is InChI=1S/C31H66O2Si/c1-5-7-9-11-13-15-16-17-18-19-20-21-22-23-25-27-29-31-34(32-3,33-4)30-28-26-24-14-12-10-8-6-2/h5-31H2,1-4H3. The van der Waals surface area contributed by atoms with Crippen molar-refractivity contribution in [2.75, 3.05) is 14.2 Å². The maximum Gasteiger partial charge on any atom is 0.337 e. The van der Waals surface area contributed by atoms with Crippen LogP contribution in [0.5, 0.6) is 0 Å². The summed E-state index contributed by atoms with van der Waals surface area (Å²) in [5.74, 6) is 0. The lowest BCUT2D eigenvalue weighted by Gasteiger charge is -2.27. The quantitative estimate of drug-likeness (QED) is 0.0753. The molecule has 0 aliphatic heterocycles. The predicted octanol–water partition coefficient (Wildman–Crippen LogP) is 11.5.